The summed E-state index contributed by atoms with van der Waals surface area (Å²) in [6.07, 6.45) is 3.58. The monoisotopic (exact) mass is 410 g/mol. The lowest BCUT2D eigenvalue weighted by atomic mass is 10.2. The van der Waals surface area contributed by atoms with Crippen molar-refractivity contribution in [3.63, 3.8) is 0 Å². The molecule has 0 unspecified atom stereocenters. The van der Waals surface area contributed by atoms with Crippen LogP contribution in [0.4, 0.5) is 17.5 Å². The van der Waals surface area contributed by atoms with Gasteiger partial charge in [-0.2, -0.15) is 0 Å². The van der Waals surface area contributed by atoms with Crippen LogP contribution >= 0.6 is 11.3 Å². The summed E-state index contributed by atoms with van der Waals surface area (Å²) in [6, 6.07) is 5.84. The molecule has 9 heteroatoms. The summed E-state index contributed by atoms with van der Waals surface area (Å²) >= 11 is 1.67. The van der Waals surface area contributed by atoms with Crippen molar-refractivity contribution in [3.05, 3.63) is 41.3 Å². The van der Waals surface area contributed by atoms with Gasteiger partial charge in [-0.3, -0.25) is 0 Å². The number of piperazine rings is 1. The Morgan fingerprint density at radius 1 is 1.14 bits per heavy atom. The van der Waals surface area contributed by atoms with Gasteiger partial charge in [-0.1, -0.05) is 13.8 Å². The zero-order valence-corrected chi connectivity index (χ0v) is 17.8. The highest BCUT2D eigenvalue weighted by atomic mass is 32.1. The van der Waals surface area contributed by atoms with E-state index in [2.05, 4.69) is 44.0 Å². The lowest BCUT2D eigenvalue weighted by Gasteiger charge is -2.29. The Labute approximate surface area is 174 Å². The molecule has 1 aliphatic rings. The third-order valence-electron chi connectivity index (χ3n) is 4.86. The van der Waals surface area contributed by atoms with Gasteiger partial charge in [0, 0.05) is 38.3 Å². The summed E-state index contributed by atoms with van der Waals surface area (Å²) < 4.78 is 0. The number of pyridine rings is 1. The number of thiazole rings is 1. The number of aromatic nitrogens is 4. The molecule has 0 amide bonds. The van der Waals surface area contributed by atoms with Crippen molar-refractivity contribution >= 4 is 28.8 Å². The molecule has 8 nitrogen and oxygen atoms in total. The topological polar surface area (TPSA) is 96.1 Å². The minimum absolute atomic E-state index is 0.387. The van der Waals surface area contributed by atoms with Crippen molar-refractivity contribution in [2.24, 2.45) is 5.84 Å². The highest BCUT2D eigenvalue weighted by Gasteiger charge is 2.17. The van der Waals surface area contributed by atoms with Crippen LogP contribution in [0.25, 0.3) is 10.6 Å². The van der Waals surface area contributed by atoms with Crippen LogP contribution in [0.5, 0.6) is 0 Å². The minimum Gasteiger partial charge on any atom is -0.368 e. The molecular weight excluding hydrogens is 384 g/mol. The van der Waals surface area contributed by atoms with Gasteiger partial charge in [0.25, 0.3) is 0 Å². The van der Waals surface area contributed by atoms with E-state index in [9.17, 15) is 0 Å². The van der Waals surface area contributed by atoms with Crippen LogP contribution < -0.4 is 21.1 Å². The summed E-state index contributed by atoms with van der Waals surface area (Å²) in [5.41, 5.74) is 2.90. The molecule has 29 heavy (non-hydrogen) atoms. The first-order chi connectivity index (χ1) is 14.0. The lowest BCUT2D eigenvalue weighted by molar-refractivity contribution is 0.588. The molecule has 0 atom stereocenters. The Bertz CT molecular complexity index is 963. The van der Waals surface area contributed by atoms with Gasteiger partial charge in [-0.25, -0.2) is 30.8 Å². The highest BCUT2D eigenvalue weighted by molar-refractivity contribution is 7.15. The average Bonchev–Trinajstić information content (AvgIpc) is 3.16. The Morgan fingerprint density at radius 3 is 2.59 bits per heavy atom. The number of rotatable bonds is 5. The van der Waals surface area contributed by atoms with Gasteiger partial charge >= 0.3 is 0 Å². The summed E-state index contributed by atoms with van der Waals surface area (Å²) in [5, 5.41) is 5.88. The molecule has 0 aliphatic carbocycles. The van der Waals surface area contributed by atoms with Gasteiger partial charge in [0.15, 0.2) is 0 Å². The van der Waals surface area contributed by atoms with Crippen LogP contribution in [0, 0.1) is 6.92 Å². The second kappa shape index (κ2) is 8.40. The van der Waals surface area contributed by atoms with Crippen molar-refractivity contribution < 1.29 is 0 Å². The number of hydrazine groups is 1. The maximum atomic E-state index is 6.29. The Balaban J connectivity index is 1.56. The summed E-state index contributed by atoms with van der Waals surface area (Å²) in [7, 11) is 0. The summed E-state index contributed by atoms with van der Waals surface area (Å²) in [4.78, 5) is 21.6. The van der Waals surface area contributed by atoms with Crippen LogP contribution in [0.3, 0.4) is 0 Å². The fourth-order valence-electron chi connectivity index (χ4n) is 3.23. The number of hydrogen-bond donors (Lipinski definition) is 2. The minimum atomic E-state index is 0.387. The van der Waals surface area contributed by atoms with Crippen molar-refractivity contribution in [1.29, 1.82) is 0 Å². The quantitative estimate of drug-likeness (QED) is 0.490. The van der Waals surface area contributed by atoms with E-state index in [0.717, 1.165) is 53.1 Å². The number of nitrogens with zero attached hydrogens (tertiary/aromatic N) is 6. The van der Waals surface area contributed by atoms with Crippen LogP contribution in [0.15, 0.2) is 30.6 Å². The van der Waals surface area contributed by atoms with Crippen molar-refractivity contribution in [1.82, 2.24) is 25.3 Å². The number of anilines is 3. The molecule has 3 N–H and O–H groups in total. The van der Waals surface area contributed by atoms with Crippen LogP contribution in [0.1, 0.15) is 30.5 Å². The van der Waals surface area contributed by atoms with E-state index in [0.29, 0.717) is 17.7 Å². The molecule has 3 aromatic heterocycles. The second-order valence-electron chi connectivity index (χ2n) is 7.34. The van der Waals surface area contributed by atoms with Gasteiger partial charge in [-0.05, 0) is 25.1 Å². The molecule has 0 saturated carbocycles. The molecule has 1 saturated heterocycles. The predicted molar refractivity (Wildman–Crippen MR) is 118 cm³/mol. The largest absolute Gasteiger partial charge is 0.368 e. The van der Waals surface area contributed by atoms with Crippen LogP contribution in [-0.2, 0) is 0 Å². The van der Waals surface area contributed by atoms with Gasteiger partial charge in [0.1, 0.15) is 5.82 Å². The van der Waals surface area contributed by atoms with E-state index in [4.69, 9.17) is 5.84 Å². The van der Waals surface area contributed by atoms with E-state index in [1.807, 2.05) is 31.3 Å². The summed E-state index contributed by atoms with van der Waals surface area (Å²) in [5.74, 6) is 7.69. The molecule has 0 radical (unpaired) electrons. The van der Waals surface area contributed by atoms with Crippen LogP contribution in [-0.4, -0.2) is 46.1 Å². The number of hydrogen-bond acceptors (Lipinski definition) is 9. The molecule has 4 rings (SSSR count). The number of nitrogens with one attached hydrogen (secondary N) is 1. The van der Waals surface area contributed by atoms with Crippen molar-refractivity contribution in [2.75, 3.05) is 36.1 Å². The Hall–Kier alpha value is -2.62. The number of nitrogens with two attached hydrogens (primary N) is 1. The van der Waals surface area contributed by atoms with Crippen molar-refractivity contribution in [3.8, 4) is 10.6 Å². The zero-order valence-electron chi connectivity index (χ0n) is 17.0. The average molecular weight is 411 g/mol. The highest BCUT2D eigenvalue weighted by Crippen LogP contribution is 2.32. The smallest absolute Gasteiger partial charge is 0.246 e. The first-order valence-corrected chi connectivity index (χ1v) is 10.6. The Morgan fingerprint density at radius 2 is 1.93 bits per heavy atom. The third-order valence-corrected chi connectivity index (χ3v) is 6.34. The van der Waals surface area contributed by atoms with Gasteiger partial charge in [0.05, 0.1) is 33.2 Å². The molecule has 1 aliphatic heterocycles. The normalized spacial score (nSPS) is 14.4. The van der Waals surface area contributed by atoms with Gasteiger partial charge in [-0.15, -0.1) is 11.3 Å². The fraction of sp³-hybridized carbons (Fsp3) is 0.400. The summed E-state index contributed by atoms with van der Waals surface area (Å²) in [6.45, 7) is 10.2. The molecule has 4 heterocycles. The predicted octanol–water partition coefficient (Wildman–Crippen LogP) is 2.85. The molecule has 3 aromatic rings. The van der Waals surface area contributed by atoms with Crippen LogP contribution in [0.2, 0.25) is 0 Å². The molecule has 1 fully saturated rings. The van der Waals surface area contributed by atoms with Crippen molar-refractivity contribution in [2.45, 2.75) is 26.7 Å². The van der Waals surface area contributed by atoms with E-state index in [1.165, 1.54) is 5.01 Å². The van der Waals surface area contributed by atoms with E-state index in [1.54, 1.807) is 17.5 Å². The molecular formula is C20H26N8S. The molecule has 0 bridgehead atoms. The first kappa shape index (κ1) is 19.7. The Kier molecular flexibility index (Phi) is 5.70. The van der Waals surface area contributed by atoms with E-state index < -0.39 is 0 Å². The fourth-order valence-corrected chi connectivity index (χ4v) is 4.27. The maximum absolute atomic E-state index is 6.29. The maximum Gasteiger partial charge on any atom is 0.246 e. The van der Waals surface area contributed by atoms with E-state index in [-0.39, 0.29) is 0 Å². The SMILES string of the molecule is Cc1nc(C(C)C)sc1-c1ccnc(N(N)c2ccc(N3CCNCC3)cn2)n1. The first-order valence-electron chi connectivity index (χ1n) is 9.80. The molecule has 152 valence electrons. The number of aryl methyl sites for hydroxylation is 1. The molecule has 0 aromatic carbocycles. The zero-order chi connectivity index (χ0) is 20.4. The van der Waals surface area contributed by atoms with Gasteiger partial charge < -0.3 is 10.2 Å². The lowest BCUT2D eigenvalue weighted by Crippen LogP contribution is -2.43. The van der Waals surface area contributed by atoms with E-state index >= 15 is 0 Å². The molecule has 0 spiro atoms. The second-order valence-corrected chi connectivity index (χ2v) is 8.38. The third kappa shape index (κ3) is 4.21. The van der Waals surface area contributed by atoms with Gasteiger partial charge in [0.2, 0.25) is 5.95 Å². The standard InChI is InChI=1S/C20H26N8S/c1-13(2)19-25-14(3)18(29-19)16-6-7-23-20(26-16)28(21)17-5-4-15(12-24-17)27-10-8-22-9-11-27/h4-7,12-13,22H,8-11,21H2,1-3H3.